The molecule has 0 unspecified atom stereocenters. The zero-order valence-corrected chi connectivity index (χ0v) is 9.41. The lowest BCUT2D eigenvalue weighted by Crippen LogP contribution is -2.36. The molecule has 0 spiro atoms. The molecule has 3 heteroatoms. The highest BCUT2D eigenvalue weighted by Gasteiger charge is 2.24. The van der Waals surface area contributed by atoms with Crippen molar-refractivity contribution < 1.29 is 4.79 Å². The van der Waals surface area contributed by atoms with Crippen LogP contribution in [-0.4, -0.2) is 19.0 Å². The van der Waals surface area contributed by atoms with E-state index in [0.29, 0.717) is 6.54 Å². The van der Waals surface area contributed by atoms with Crippen molar-refractivity contribution in [3.8, 4) is 0 Å². The first-order valence-corrected chi connectivity index (χ1v) is 5.93. The van der Waals surface area contributed by atoms with Crippen LogP contribution in [0.3, 0.4) is 0 Å². The molecule has 1 aliphatic rings. The summed E-state index contributed by atoms with van der Waals surface area (Å²) in [6.45, 7) is 1.48. The summed E-state index contributed by atoms with van der Waals surface area (Å²) < 4.78 is 0. The fourth-order valence-electron chi connectivity index (χ4n) is 1.76. The molecule has 1 saturated carbocycles. The topological polar surface area (TPSA) is 41.1 Å². The molecule has 1 aromatic carbocycles. The second kappa shape index (κ2) is 5.54. The second-order valence-corrected chi connectivity index (χ2v) is 4.21. The van der Waals surface area contributed by atoms with E-state index in [4.69, 9.17) is 0 Å². The minimum atomic E-state index is 0.223. The number of rotatable bonds is 5. The third kappa shape index (κ3) is 2.99. The molecule has 0 radical (unpaired) electrons. The Morgan fingerprint density at radius 1 is 1.19 bits per heavy atom. The van der Waals surface area contributed by atoms with Gasteiger partial charge in [0.05, 0.1) is 0 Å². The number of para-hydroxylation sites is 1. The number of carbonyl (C=O) groups is 1. The molecular formula is C13H18N2O. The van der Waals surface area contributed by atoms with E-state index in [1.165, 1.54) is 6.42 Å². The molecule has 1 aromatic rings. The molecule has 0 saturated heterocycles. The van der Waals surface area contributed by atoms with Crippen LogP contribution in [0.5, 0.6) is 0 Å². The Morgan fingerprint density at radius 3 is 2.56 bits per heavy atom. The Hall–Kier alpha value is -1.51. The Balaban J connectivity index is 1.60. The van der Waals surface area contributed by atoms with Gasteiger partial charge in [-0.2, -0.15) is 0 Å². The lowest BCUT2D eigenvalue weighted by Gasteiger charge is -2.24. The van der Waals surface area contributed by atoms with Crippen molar-refractivity contribution in [2.75, 3.05) is 18.4 Å². The molecule has 86 valence electrons. The van der Waals surface area contributed by atoms with Crippen LogP contribution in [0.15, 0.2) is 30.3 Å². The zero-order chi connectivity index (χ0) is 11.2. The van der Waals surface area contributed by atoms with Gasteiger partial charge in [-0.25, -0.2) is 0 Å². The van der Waals surface area contributed by atoms with E-state index in [-0.39, 0.29) is 11.8 Å². The van der Waals surface area contributed by atoms with Gasteiger partial charge in [0.1, 0.15) is 0 Å². The summed E-state index contributed by atoms with van der Waals surface area (Å²) >= 11 is 0. The van der Waals surface area contributed by atoms with E-state index < -0.39 is 0 Å². The predicted octanol–water partition coefficient (Wildman–Crippen LogP) is 2.01. The number of hydrogen-bond acceptors (Lipinski definition) is 2. The van der Waals surface area contributed by atoms with Crippen molar-refractivity contribution in [1.82, 2.24) is 5.32 Å². The molecule has 0 heterocycles. The van der Waals surface area contributed by atoms with Crippen LogP contribution in [0.25, 0.3) is 0 Å². The first kappa shape index (κ1) is 11.0. The molecule has 2 N–H and O–H groups in total. The molecule has 0 aromatic heterocycles. The summed E-state index contributed by atoms with van der Waals surface area (Å²) in [7, 11) is 0. The van der Waals surface area contributed by atoms with Gasteiger partial charge in [0.2, 0.25) is 5.91 Å². The maximum atomic E-state index is 11.5. The molecule has 0 aliphatic heterocycles. The normalized spacial score (nSPS) is 15.2. The van der Waals surface area contributed by atoms with Crippen molar-refractivity contribution in [3.05, 3.63) is 30.3 Å². The quantitative estimate of drug-likeness (QED) is 0.742. The molecule has 1 aliphatic carbocycles. The van der Waals surface area contributed by atoms with E-state index in [1.807, 2.05) is 30.3 Å². The molecule has 0 bridgehead atoms. The number of hydrogen-bond donors (Lipinski definition) is 2. The fraction of sp³-hybridized carbons (Fsp3) is 0.462. The molecule has 3 nitrogen and oxygen atoms in total. The van der Waals surface area contributed by atoms with Crippen molar-refractivity contribution in [2.45, 2.75) is 19.3 Å². The van der Waals surface area contributed by atoms with E-state index in [1.54, 1.807) is 0 Å². The van der Waals surface area contributed by atoms with Gasteiger partial charge >= 0.3 is 0 Å². The van der Waals surface area contributed by atoms with E-state index in [2.05, 4.69) is 10.6 Å². The van der Waals surface area contributed by atoms with Crippen LogP contribution >= 0.6 is 0 Å². The number of carbonyl (C=O) groups excluding carboxylic acids is 1. The monoisotopic (exact) mass is 218 g/mol. The van der Waals surface area contributed by atoms with Gasteiger partial charge in [-0.15, -0.1) is 0 Å². The smallest absolute Gasteiger partial charge is 0.223 e. The van der Waals surface area contributed by atoms with Crippen molar-refractivity contribution in [1.29, 1.82) is 0 Å². The van der Waals surface area contributed by atoms with Crippen LogP contribution < -0.4 is 10.6 Å². The van der Waals surface area contributed by atoms with Gasteiger partial charge < -0.3 is 10.6 Å². The number of nitrogens with one attached hydrogen (secondary N) is 2. The second-order valence-electron chi connectivity index (χ2n) is 4.21. The standard InChI is InChI=1S/C13H18N2O/c16-13(11-5-4-6-11)15-10-9-14-12-7-2-1-3-8-12/h1-3,7-8,11,14H,4-6,9-10H2,(H,15,16). The van der Waals surface area contributed by atoms with Gasteiger partial charge in [0.15, 0.2) is 0 Å². The molecule has 1 amide bonds. The Bertz CT molecular complexity index is 333. The summed E-state index contributed by atoms with van der Waals surface area (Å²) in [5.74, 6) is 0.512. The summed E-state index contributed by atoms with van der Waals surface area (Å²) in [5, 5.41) is 6.21. The average molecular weight is 218 g/mol. The first-order valence-electron chi connectivity index (χ1n) is 5.93. The molecular weight excluding hydrogens is 200 g/mol. The summed E-state index contributed by atoms with van der Waals surface area (Å²) in [4.78, 5) is 11.5. The minimum absolute atomic E-state index is 0.223. The largest absolute Gasteiger partial charge is 0.383 e. The van der Waals surface area contributed by atoms with E-state index in [0.717, 1.165) is 25.1 Å². The number of amides is 1. The maximum absolute atomic E-state index is 11.5. The van der Waals surface area contributed by atoms with Crippen LogP contribution in [0.1, 0.15) is 19.3 Å². The highest BCUT2D eigenvalue weighted by molar-refractivity contribution is 5.79. The third-order valence-corrected chi connectivity index (χ3v) is 3.00. The van der Waals surface area contributed by atoms with Crippen molar-refractivity contribution in [3.63, 3.8) is 0 Å². The van der Waals surface area contributed by atoms with Crippen molar-refractivity contribution in [2.24, 2.45) is 5.92 Å². The number of benzene rings is 1. The maximum Gasteiger partial charge on any atom is 0.223 e. The zero-order valence-electron chi connectivity index (χ0n) is 9.41. The van der Waals surface area contributed by atoms with Gasteiger partial charge in [-0.3, -0.25) is 4.79 Å². The predicted molar refractivity (Wildman–Crippen MR) is 65.3 cm³/mol. The minimum Gasteiger partial charge on any atom is -0.383 e. The van der Waals surface area contributed by atoms with Crippen molar-refractivity contribution >= 4 is 11.6 Å². The Labute approximate surface area is 96.2 Å². The highest BCUT2D eigenvalue weighted by Crippen LogP contribution is 2.25. The molecule has 0 atom stereocenters. The first-order chi connectivity index (χ1) is 7.86. The van der Waals surface area contributed by atoms with Gasteiger partial charge in [-0.05, 0) is 25.0 Å². The highest BCUT2D eigenvalue weighted by atomic mass is 16.1. The van der Waals surface area contributed by atoms with Gasteiger partial charge in [-0.1, -0.05) is 24.6 Å². The summed E-state index contributed by atoms with van der Waals surface area (Å²) in [6, 6.07) is 10.0. The fourth-order valence-corrected chi connectivity index (χ4v) is 1.76. The van der Waals surface area contributed by atoms with Crippen LogP contribution in [0.4, 0.5) is 5.69 Å². The van der Waals surface area contributed by atoms with Crippen LogP contribution in [-0.2, 0) is 4.79 Å². The lowest BCUT2D eigenvalue weighted by atomic mass is 9.85. The Kier molecular flexibility index (Phi) is 3.81. The summed E-state index contributed by atoms with van der Waals surface area (Å²) in [5.41, 5.74) is 1.10. The van der Waals surface area contributed by atoms with Crippen LogP contribution in [0, 0.1) is 5.92 Å². The van der Waals surface area contributed by atoms with E-state index >= 15 is 0 Å². The van der Waals surface area contributed by atoms with Crippen LogP contribution in [0.2, 0.25) is 0 Å². The average Bonchev–Trinajstić information content (AvgIpc) is 2.23. The SMILES string of the molecule is O=C(NCCNc1ccccc1)C1CCC1. The number of anilines is 1. The Morgan fingerprint density at radius 2 is 1.94 bits per heavy atom. The molecule has 16 heavy (non-hydrogen) atoms. The third-order valence-electron chi connectivity index (χ3n) is 3.00. The van der Waals surface area contributed by atoms with Gasteiger partial charge in [0.25, 0.3) is 0 Å². The lowest BCUT2D eigenvalue weighted by molar-refractivity contribution is -0.127. The van der Waals surface area contributed by atoms with Gasteiger partial charge in [0, 0.05) is 24.7 Å². The molecule has 1 fully saturated rings. The van der Waals surface area contributed by atoms with E-state index in [9.17, 15) is 4.79 Å². The molecule has 2 rings (SSSR count). The summed E-state index contributed by atoms with van der Waals surface area (Å²) in [6.07, 6.45) is 3.34.